The number of esters is 1. The largest absolute Gasteiger partial charge is 0.464 e. The van der Waals surface area contributed by atoms with Crippen LogP contribution in [0.5, 0.6) is 0 Å². The maximum atomic E-state index is 12.1. The molecule has 1 saturated carbocycles. The van der Waals surface area contributed by atoms with Crippen LogP contribution in [0.2, 0.25) is 5.02 Å². The zero-order valence-electron chi connectivity index (χ0n) is 17.5. The van der Waals surface area contributed by atoms with E-state index in [1.165, 1.54) is 19.8 Å². The summed E-state index contributed by atoms with van der Waals surface area (Å²) in [6, 6.07) is 15.2. The quantitative estimate of drug-likeness (QED) is 0.346. The monoisotopic (exact) mass is 428 g/mol. The van der Waals surface area contributed by atoms with Crippen molar-refractivity contribution in [3.63, 3.8) is 0 Å². The van der Waals surface area contributed by atoms with Crippen molar-refractivity contribution in [1.82, 2.24) is 0 Å². The number of hydrogen-bond donors (Lipinski definition) is 0. The summed E-state index contributed by atoms with van der Waals surface area (Å²) >= 11 is 6.00. The van der Waals surface area contributed by atoms with Crippen LogP contribution in [-0.4, -0.2) is 31.6 Å². The standard InChI is InChI=1S/C23H25ClN2O4/c1-15(20-13-23(20,2)17-9-11-18(24)12-10-17)25-30-14-16-7-5-6-8-19(16)21(26-29-4)22(27)28-3/h5-12,20H,13-14H2,1-4H3/b25-15+,26-21-. The van der Waals surface area contributed by atoms with E-state index in [1.807, 2.05) is 37.3 Å². The first-order valence-corrected chi connectivity index (χ1v) is 9.98. The van der Waals surface area contributed by atoms with Gasteiger partial charge in [-0.2, -0.15) is 0 Å². The maximum absolute atomic E-state index is 12.1. The Labute approximate surface area is 181 Å². The van der Waals surface area contributed by atoms with Gasteiger partial charge in [0.1, 0.15) is 13.7 Å². The van der Waals surface area contributed by atoms with Crippen molar-refractivity contribution in [2.75, 3.05) is 14.2 Å². The van der Waals surface area contributed by atoms with E-state index in [-0.39, 0.29) is 17.7 Å². The molecular weight excluding hydrogens is 404 g/mol. The predicted molar refractivity (Wildman–Crippen MR) is 117 cm³/mol. The normalized spacial score (nSPS) is 21.2. The summed E-state index contributed by atoms with van der Waals surface area (Å²) in [6.07, 6.45) is 1.01. The van der Waals surface area contributed by atoms with Crippen molar-refractivity contribution in [2.24, 2.45) is 16.2 Å². The Morgan fingerprint density at radius 3 is 2.50 bits per heavy atom. The molecule has 158 valence electrons. The van der Waals surface area contributed by atoms with E-state index in [9.17, 15) is 4.79 Å². The van der Waals surface area contributed by atoms with Gasteiger partial charge in [0.2, 0.25) is 0 Å². The van der Waals surface area contributed by atoms with Gasteiger partial charge in [-0.25, -0.2) is 4.79 Å². The van der Waals surface area contributed by atoms with E-state index >= 15 is 0 Å². The highest BCUT2D eigenvalue weighted by Crippen LogP contribution is 2.54. The molecule has 2 aromatic rings. The molecule has 0 spiro atoms. The number of nitrogens with zero attached hydrogens (tertiary/aromatic N) is 2. The molecule has 0 heterocycles. The van der Waals surface area contributed by atoms with Gasteiger partial charge in [-0.1, -0.05) is 65.2 Å². The van der Waals surface area contributed by atoms with Crippen molar-refractivity contribution in [3.8, 4) is 0 Å². The Morgan fingerprint density at radius 2 is 1.83 bits per heavy atom. The van der Waals surface area contributed by atoms with Crippen LogP contribution >= 0.6 is 11.6 Å². The van der Waals surface area contributed by atoms with Gasteiger partial charge in [0.25, 0.3) is 0 Å². The zero-order valence-corrected chi connectivity index (χ0v) is 18.3. The zero-order chi connectivity index (χ0) is 21.7. The fraction of sp³-hybridized carbons (Fsp3) is 0.348. The molecule has 2 unspecified atom stereocenters. The minimum Gasteiger partial charge on any atom is -0.464 e. The molecule has 7 heteroatoms. The lowest BCUT2D eigenvalue weighted by Gasteiger charge is -2.12. The van der Waals surface area contributed by atoms with Gasteiger partial charge in [-0.3, -0.25) is 0 Å². The second-order valence-electron chi connectivity index (χ2n) is 7.46. The molecule has 0 amide bonds. The fourth-order valence-electron chi connectivity index (χ4n) is 3.65. The molecule has 1 aliphatic carbocycles. The third-order valence-corrected chi connectivity index (χ3v) is 5.76. The highest BCUT2D eigenvalue weighted by atomic mass is 35.5. The molecule has 2 atom stereocenters. The molecule has 0 N–H and O–H groups in total. The number of hydrogen-bond acceptors (Lipinski definition) is 6. The Hall–Kier alpha value is -2.86. The minimum atomic E-state index is -0.583. The van der Waals surface area contributed by atoms with Gasteiger partial charge in [0, 0.05) is 27.5 Å². The molecule has 6 nitrogen and oxygen atoms in total. The molecule has 3 rings (SSSR count). The van der Waals surface area contributed by atoms with Gasteiger partial charge >= 0.3 is 5.97 Å². The third kappa shape index (κ3) is 4.65. The Morgan fingerprint density at radius 1 is 1.13 bits per heavy atom. The summed E-state index contributed by atoms with van der Waals surface area (Å²) in [7, 11) is 2.68. The fourth-order valence-corrected chi connectivity index (χ4v) is 3.78. The molecule has 2 aromatic carbocycles. The second kappa shape index (κ2) is 9.30. The Bertz CT molecular complexity index is 971. The van der Waals surface area contributed by atoms with Crippen LogP contribution in [0.25, 0.3) is 0 Å². The summed E-state index contributed by atoms with van der Waals surface area (Å²) in [5.74, 6) is -0.268. The minimum absolute atomic E-state index is 0.0443. The van der Waals surface area contributed by atoms with E-state index in [2.05, 4.69) is 29.4 Å². The Kier molecular flexibility index (Phi) is 6.77. The summed E-state index contributed by atoms with van der Waals surface area (Å²) < 4.78 is 4.80. The van der Waals surface area contributed by atoms with Gasteiger partial charge in [0.15, 0.2) is 5.71 Å². The summed E-state index contributed by atoms with van der Waals surface area (Å²) in [4.78, 5) is 22.5. The van der Waals surface area contributed by atoms with E-state index in [4.69, 9.17) is 26.0 Å². The second-order valence-corrected chi connectivity index (χ2v) is 7.89. The smallest absolute Gasteiger partial charge is 0.360 e. The average molecular weight is 429 g/mol. The number of methoxy groups -OCH3 is 1. The van der Waals surface area contributed by atoms with Crippen LogP contribution in [0.4, 0.5) is 0 Å². The van der Waals surface area contributed by atoms with E-state index < -0.39 is 5.97 Å². The van der Waals surface area contributed by atoms with E-state index in [1.54, 1.807) is 6.07 Å². The number of ether oxygens (including phenoxy) is 1. The number of benzene rings is 2. The Balaban J connectivity index is 1.70. The molecule has 0 bridgehead atoms. The highest BCUT2D eigenvalue weighted by molar-refractivity contribution is 6.43. The van der Waals surface area contributed by atoms with Gasteiger partial charge in [-0.15, -0.1) is 0 Å². The first kappa shape index (κ1) is 21.8. The lowest BCUT2D eigenvalue weighted by molar-refractivity contribution is -0.132. The lowest BCUT2D eigenvalue weighted by Crippen LogP contribution is -2.19. The van der Waals surface area contributed by atoms with Crippen LogP contribution in [-0.2, 0) is 31.2 Å². The SMILES string of the molecule is CO/N=C(\C(=O)OC)c1ccccc1CO/N=C(\C)C1CC1(C)c1ccc(Cl)cc1. The van der Waals surface area contributed by atoms with Crippen molar-refractivity contribution >= 4 is 29.0 Å². The van der Waals surface area contributed by atoms with Crippen molar-refractivity contribution in [1.29, 1.82) is 0 Å². The van der Waals surface area contributed by atoms with Crippen molar-refractivity contribution < 1.29 is 19.2 Å². The first-order valence-electron chi connectivity index (χ1n) is 9.61. The molecular formula is C23H25ClN2O4. The lowest BCUT2D eigenvalue weighted by atomic mass is 9.94. The molecule has 0 aromatic heterocycles. The third-order valence-electron chi connectivity index (χ3n) is 5.51. The highest BCUT2D eigenvalue weighted by Gasteiger charge is 2.53. The van der Waals surface area contributed by atoms with Gasteiger partial charge in [0.05, 0.1) is 12.8 Å². The number of rotatable bonds is 8. The van der Waals surface area contributed by atoms with Crippen molar-refractivity contribution in [2.45, 2.75) is 32.3 Å². The van der Waals surface area contributed by atoms with Gasteiger partial charge in [-0.05, 0) is 31.0 Å². The maximum Gasteiger partial charge on any atom is 0.360 e. The van der Waals surface area contributed by atoms with Crippen LogP contribution in [0.15, 0.2) is 58.8 Å². The molecule has 0 saturated heterocycles. The summed E-state index contributed by atoms with van der Waals surface area (Å²) in [5, 5.41) is 8.87. The van der Waals surface area contributed by atoms with Crippen LogP contribution in [0.1, 0.15) is 37.0 Å². The topological polar surface area (TPSA) is 69.5 Å². The molecule has 1 fully saturated rings. The number of halogens is 1. The first-order chi connectivity index (χ1) is 14.4. The van der Waals surface area contributed by atoms with Crippen LogP contribution in [0.3, 0.4) is 0 Å². The van der Waals surface area contributed by atoms with Crippen LogP contribution in [0, 0.1) is 5.92 Å². The number of carbonyl (C=O) groups excluding carboxylic acids is 1. The predicted octanol–water partition coefficient (Wildman–Crippen LogP) is 4.73. The molecule has 0 radical (unpaired) electrons. The van der Waals surface area contributed by atoms with Crippen LogP contribution < -0.4 is 0 Å². The number of oxime groups is 2. The molecule has 0 aliphatic heterocycles. The van der Waals surface area contributed by atoms with E-state index in [0.29, 0.717) is 11.5 Å². The molecule has 30 heavy (non-hydrogen) atoms. The number of carbonyl (C=O) groups is 1. The summed E-state index contributed by atoms with van der Waals surface area (Å²) in [6.45, 7) is 4.39. The van der Waals surface area contributed by atoms with Gasteiger partial charge < -0.3 is 14.4 Å². The summed E-state index contributed by atoms with van der Waals surface area (Å²) in [5.41, 5.74) is 3.64. The average Bonchev–Trinajstić information content (AvgIpc) is 3.45. The van der Waals surface area contributed by atoms with Crippen molar-refractivity contribution in [3.05, 3.63) is 70.2 Å². The van der Waals surface area contributed by atoms with E-state index in [0.717, 1.165) is 22.7 Å². The molecule has 1 aliphatic rings.